The average molecular weight is 226 g/mol. The molecule has 0 aliphatic carbocycles. The van der Waals surface area contributed by atoms with Crippen LogP contribution in [0.3, 0.4) is 0 Å². The van der Waals surface area contributed by atoms with E-state index in [1.165, 1.54) is 17.1 Å². The van der Waals surface area contributed by atoms with Crippen LogP contribution in [-0.2, 0) is 11.3 Å². The lowest BCUT2D eigenvalue weighted by atomic mass is 10.5. The molecule has 0 bridgehead atoms. The zero-order valence-electron chi connectivity index (χ0n) is 8.93. The molecule has 0 atom stereocenters. The van der Waals surface area contributed by atoms with E-state index < -0.39 is 5.97 Å². The van der Waals surface area contributed by atoms with Gasteiger partial charge in [0.05, 0.1) is 11.9 Å². The predicted molar refractivity (Wildman–Crippen MR) is 57.2 cm³/mol. The molecule has 7 heteroatoms. The molecule has 1 aromatic rings. The van der Waals surface area contributed by atoms with Crippen molar-refractivity contribution in [1.29, 1.82) is 0 Å². The molecular weight excluding hydrogens is 212 g/mol. The minimum Gasteiger partial charge on any atom is -0.480 e. The van der Waals surface area contributed by atoms with Crippen molar-refractivity contribution >= 4 is 17.7 Å². The number of carbonyl (C=O) groups excluding carboxylic acids is 1. The van der Waals surface area contributed by atoms with Gasteiger partial charge in [0.25, 0.3) is 0 Å². The van der Waals surface area contributed by atoms with Crippen LogP contribution >= 0.6 is 0 Å². The summed E-state index contributed by atoms with van der Waals surface area (Å²) in [7, 11) is 0. The van der Waals surface area contributed by atoms with Gasteiger partial charge >= 0.3 is 12.0 Å². The number of hydrogen-bond acceptors (Lipinski definition) is 3. The highest BCUT2D eigenvalue weighted by molar-refractivity contribution is 5.88. The molecule has 0 fully saturated rings. The molecule has 0 aliphatic rings. The number of urea groups is 1. The lowest BCUT2D eigenvalue weighted by Gasteiger charge is -2.03. The first-order chi connectivity index (χ1) is 7.61. The fourth-order valence-corrected chi connectivity index (χ4v) is 1.07. The second-order valence-electron chi connectivity index (χ2n) is 3.20. The number of hydrogen-bond donors (Lipinski definition) is 3. The molecule has 0 saturated carbocycles. The molecule has 0 spiro atoms. The van der Waals surface area contributed by atoms with Crippen molar-refractivity contribution in [3.05, 3.63) is 12.4 Å². The van der Waals surface area contributed by atoms with Gasteiger partial charge in [0.1, 0.15) is 6.54 Å². The molecule has 1 heterocycles. The fraction of sp³-hybridized carbons (Fsp3) is 0.444. The highest BCUT2D eigenvalue weighted by Crippen LogP contribution is 2.03. The van der Waals surface area contributed by atoms with E-state index in [2.05, 4.69) is 15.7 Å². The van der Waals surface area contributed by atoms with Crippen molar-refractivity contribution in [3.8, 4) is 0 Å². The first-order valence-electron chi connectivity index (χ1n) is 4.91. The molecule has 88 valence electrons. The molecule has 0 aliphatic heterocycles. The predicted octanol–water partition coefficient (Wildman–Crippen LogP) is 0.499. The Labute approximate surface area is 92.4 Å². The summed E-state index contributed by atoms with van der Waals surface area (Å²) in [6, 6.07) is -0.322. The van der Waals surface area contributed by atoms with Crippen LogP contribution in [-0.4, -0.2) is 33.4 Å². The van der Waals surface area contributed by atoms with Gasteiger partial charge in [0.15, 0.2) is 0 Å². The molecule has 0 radical (unpaired) electrons. The molecule has 0 saturated heterocycles. The van der Waals surface area contributed by atoms with Gasteiger partial charge in [-0.05, 0) is 6.42 Å². The summed E-state index contributed by atoms with van der Waals surface area (Å²) in [6.45, 7) is 2.32. The van der Waals surface area contributed by atoms with Crippen LogP contribution in [0.25, 0.3) is 0 Å². The third-order valence-electron chi connectivity index (χ3n) is 1.72. The number of nitrogens with zero attached hydrogens (tertiary/aromatic N) is 2. The molecule has 2 amide bonds. The van der Waals surface area contributed by atoms with Gasteiger partial charge in [-0.3, -0.25) is 9.48 Å². The van der Waals surface area contributed by atoms with Crippen LogP contribution < -0.4 is 10.6 Å². The van der Waals surface area contributed by atoms with Crippen LogP contribution in [0.15, 0.2) is 12.4 Å². The second kappa shape index (κ2) is 5.74. The Hall–Kier alpha value is -2.05. The van der Waals surface area contributed by atoms with E-state index in [0.29, 0.717) is 12.2 Å². The van der Waals surface area contributed by atoms with Crippen molar-refractivity contribution in [2.45, 2.75) is 19.9 Å². The Morgan fingerprint density at radius 2 is 2.31 bits per heavy atom. The zero-order chi connectivity index (χ0) is 12.0. The SMILES string of the molecule is CCCNC(=O)Nc1cnn(CC(=O)O)c1. The third-order valence-corrected chi connectivity index (χ3v) is 1.72. The smallest absolute Gasteiger partial charge is 0.325 e. The van der Waals surface area contributed by atoms with E-state index >= 15 is 0 Å². The summed E-state index contributed by atoms with van der Waals surface area (Å²) in [6.07, 6.45) is 3.71. The maximum absolute atomic E-state index is 11.2. The lowest BCUT2D eigenvalue weighted by molar-refractivity contribution is -0.137. The van der Waals surface area contributed by atoms with Gasteiger partial charge in [0.2, 0.25) is 0 Å². The number of carboxylic acids is 1. The van der Waals surface area contributed by atoms with E-state index in [-0.39, 0.29) is 12.6 Å². The van der Waals surface area contributed by atoms with Crippen molar-refractivity contribution in [2.24, 2.45) is 0 Å². The van der Waals surface area contributed by atoms with Crippen LogP contribution in [0.5, 0.6) is 0 Å². The Balaban J connectivity index is 2.45. The van der Waals surface area contributed by atoms with Crippen molar-refractivity contribution in [1.82, 2.24) is 15.1 Å². The normalized spacial score (nSPS) is 9.81. The summed E-state index contributed by atoms with van der Waals surface area (Å²) in [5.41, 5.74) is 0.467. The number of rotatable bonds is 5. The van der Waals surface area contributed by atoms with E-state index in [1.54, 1.807) is 0 Å². The first-order valence-corrected chi connectivity index (χ1v) is 4.91. The molecule has 0 aromatic carbocycles. The van der Waals surface area contributed by atoms with E-state index in [9.17, 15) is 9.59 Å². The number of amides is 2. The number of aromatic nitrogens is 2. The number of nitrogens with one attached hydrogen (secondary N) is 2. The van der Waals surface area contributed by atoms with Crippen LogP contribution in [0.4, 0.5) is 10.5 Å². The molecule has 3 N–H and O–H groups in total. The molecule has 16 heavy (non-hydrogen) atoms. The maximum atomic E-state index is 11.2. The zero-order valence-corrected chi connectivity index (χ0v) is 8.93. The molecule has 1 rings (SSSR count). The Bertz CT molecular complexity index is 375. The van der Waals surface area contributed by atoms with Gasteiger partial charge in [-0.1, -0.05) is 6.92 Å². The van der Waals surface area contributed by atoms with Gasteiger partial charge in [-0.25, -0.2) is 4.79 Å². The summed E-state index contributed by atoms with van der Waals surface area (Å²) >= 11 is 0. The Kier molecular flexibility index (Phi) is 4.31. The summed E-state index contributed by atoms with van der Waals surface area (Å²) in [4.78, 5) is 21.6. The Morgan fingerprint density at radius 3 is 2.94 bits per heavy atom. The van der Waals surface area contributed by atoms with E-state index in [0.717, 1.165) is 6.42 Å². The number of aliphatic carboxylic acids is 1. The largest absolute Gasteiger partial charge is 0.480 e. The lowest BCUT2D eigenvalue weighted by Crippen LogP contribution is -2.29. The topological polar surface area (TPSA) is 96.3 Å². The van der Waals surface area contributed by atoms with Gasteiger partial charge in [-0.2, -0.15) is 5.10 Å². The van der Waals surface area contributed by atoms with Gasteiger partial charge in [-0.15, -0.1) is 0 Å². The minimum absolute atomic E-state index is 0.224. The minimum atomic E-state index is -0.981. The van der Waals surface area contributed by atoms with E-state index in [1.807, 2.05) is 6.92 Å². The van der Waals surface area contributed by atoms with Crippen LogP contribution in [0.1, 0.15) is 13.3 Å². The fourth-order valence-electron chi connectivity index (χ4n) is 1.07. The highest BCUT2D eigenvalue weighted by Gasteiger charge is 2.05. The molecule has 0 unspecified atom stereocenters. The third kappa shape index (κ3) is 3.99. The average Bonchev–Trinajstić information content (AvgIpc) is 2.61. The maximum Gasteiger partial charge on any atom is 0.325 e. The molecule has 7 nitrogen and oxygen atoms in total. The number of carboxylic acid groups (broad SMARTS) is 1. The summed E-state index contributed by atoms with van der Waals surface area (Å²) in [5.74, 6) is -0.981. The van der Waals surface area contributed by atoms with Gasteiger partial charge in [0, 0.05) is 12.7 Å². The summed E-state index contributed by atoms with van der Waals surface area (Å²) in [5, 5.41) is 17.5. The van der Waals surface area contributed by atoms with Gasteiger partial charge < -0.3 is 15.7 Å². The number of anilines is 1. The Morgan fingerprint density at radius 1 is 1.56 bits per heavy atom. The standard InChI is InChI=1S/C9H14N4O3/c1-2-3-10-9(16)12-7-4-11-13(5-7)6-8(14)15/h4-5H,2-3,6H2,1H3,(H,14,15)(H2,10,12,16). The first kappa shape index (κ1) is 12.0. The number of carbonyl (C=O) groups is 2. The second-order valence-corrected chi connectivity index (χ2v) is 3.20. The van der Waals surface area contributed by atoms with Crippen molar-refractivity contribution in [3.63, 3.8) is 0 Å². The van der Waals surface area contributed by atoms with Crippen molar-refractivity contribution < 1.29 is 14.7 Å². The highest BCUT2D eigenvalue weighted by atomic mass is 16.4. The summed E-state index contributed by atoms with van der Waals surface area (Å²) < 4.78 is 1.23. The monoisotopic (exact) mass is 226 g/mol. The molecule has 1 aromatic heterocycles. The van der Waals surface area contributed by atoms with Crippen molar-refractivity contribution in [2.75, 3.05) is 11.9 Å². The quantitative estimate of drug-likeness (QED) is 0.681. The van der Waals surface area contributed by atoms with Crippen LogP contribution in [0.2, 0.25) is 0 Å². The van der Waals surface area contributed by atoms with E-state index in [4.69, 9.17) is 5.11 Å². The van der Waals surface area contributed by atoms with Crippen LogP contribution in [0, 0.1) is 0 Å². The molecular formula is C9H14N4O3.